The zero-order valence-electron chi connectivity index (χ0n) is 7.57. The van der Waals surface area contributed by atoms with Gasteiger partial charge in [0.05, 0.1) is 0 Å². The number of pyridine rings is 1. The van der Waals surface area contributed by atoms with Gasteiger partial charge >= 0.3 is 5.97 Å². The number of nitrogens with zero attached hydrogens (tertiary/aromatic N) is 1. The third kappa shape index (κ3) is 1.66. The lowest BCUT2D eigenvalue weighted by Gasteiger charge is -2.05. The van der Waals surface area contributed by atoms with Crippen molar-refractivity contribution in [3.05, 3.63) is 34.6 Å². The second kappa shape index (κ2) is 3.51. The quantitative estimate of drug-likeness (QED) is 0.777. The minimum atomic E-state index is -1.06. The number of halogens is 1. The van der Waals surface area contributed by atoms with Crippen LogP contribution in [-0.4, -0.2) is 16.1 Å². The molecule has 0 radical (unpaired) electrons. The Morgan fingerprint density at radius 3 is 2.80 bits per heavy atom. The van der Waals surface area contributed by atoms with E-state index in [9.17, 15) is 4.79 Å². The predicted molar refractivity (Wildman–Crippen MR) is 60.8 cm³/mol. The van der Waals surface area contributed by atoms with Crippen molar-refractivity contribution >= 4 is 38.4 Å². The Bertz CT molecular complexity index is 554. The van der Waals surface area contributed by atoms with Gasteiger partial charge < -0.3 is 10.8 Å². The number of hydrogen-bond donors (Lipinski definition) is 2. The molecule has 0 amide bonds. The third-order valence-electron chi connectivity index (χ3n) is 2.08. The number of carboxylic acids is 1. The number of rotatable bonds is 1. The summed E-state index contributed by atoms with van der Waals surface area (Å²) in [6.07, 6.45) is 1.44. The van der Waals surface area contributed by atoms with E-state index in [1.165, 1.54) is 6.20 Å². The second-order valence-corrected chi connectivity index (χ2v) is 3.97. The number of carbonyl (C=O) groups is 1. The minimum absolute atomic E-state index is 0.0144. The van der Waals surface area contributed by atoms with Crippen LogP contribution in [0.1, 0.15) is 10.5 Å². The van der Waals surface area contributed by atoms with Crippen LogP contribution in [0.5, 0.6) is 0 Å². The highest BCUT2D eigenvalue weighted by Crippen LogP contribution is 2.27. The van der Waals surface area contributed by atoms with Crippen molar-refractivity contribution in [2.24, 2.45) is 0 Å². The first kappa shape index (κ1) is 9.92. The molecule has 0 aliphatic carbocycles. The van der Waals surface area contributed by atoms with Crippen LogP contribution in [0.25, 0.3) is 10.8 Å². The van der Waals surface area contributed by atoms with Crippen molar-refractivity contribution in [2.45, 2.75) is 0 Å². The van der Waals surface area contributed by atoms with Gasteiger partial charge in [0.2, 0.25) is 0 Å². The smallest absolute Gasteiger partial charge is 0.355 e. The summed E-state index contributed by atoms with van der Waals surface area (Å²) in [7, 11) is 0. The summed E-state index contributed by atoms with van der Waals surface area (Å²) >= 11 is 3.27. The molecule has 0 bridgehead atoms. The van der Waals surface area contributed by atoms with Gasteiger partial charge in [-0.25, -0.2) is 9.78 Å². The SMILES string of the molecule is Nc1cc(Br)cc2c(C(=O)O)nccc12. The van der Waals surface area contributed by atoms with Gasteiger partial charge in [-0.3, -0.25) is 0 Å². The fraction of sp³-hybridized carbons (Fsp3) is 0. The molecule has 4 nitrogen and oxygen atoms in total. The Hall–Kier alpha value is -1.62. The standard InChI is InChI=1S/C10H7BrN2O2/c11-5-3-7-6(8(12)4-5)1-2-13-9(7)10(14)15/h1-4H,12H2,(H,14,15). The van der Waals surface area contributed by atoms with Gasteiger partial charge in [-0.15, -0.1) is 0 Å². The van der Waals surface area contributed by atoms with E-state index < -0.39 is 5.97 Å². The van der Waals surface area contributed by atoms with Crippen LogP contribution in [-0.2, 0) is 0 Å². The number of nitrogens with two attached hydrogens (primary N) is 1. The van der Waals surface area contributed by atoms with Crippen LogP contribution in [0.3, 0.4) is 0 Å². The van der Waals surface area contributed by atoms with Crippen LogP contribution in [0.4, 0.5) is 5.69 Å². The van der Waals surface area contributed by atoms with Crippen LogP contribution >= 0.6 is 15.9 Å². The van der Waals surface area contributed by atoms with Crippen LogP contribution in [0.15, 0.2) is 28.9 Å². The van der Waals surface area contributed by atoms with E-state index in [-0.39, 0.29) is 5.69 Å². The maximum Gasteiger partial charge on any atom is 0.355 e. The molecule has 0 spiro atoms. The monoisotopic (exact) mass is 266 g/mol. The molecule has 1 aromatic heterocycles. The molecule has 0 unspecified atom stereocenters. The fourth-order valence-electron chi connectivity index (χ4n) is 1.45. The molecule has 76 valence electrons. The molecule has 3 N–H and O–H groups in total. The van der Waals surface area contributed by atoms with Gasteiger partial charge in [0.1, 0.15) is 0 Å². The molecule has 1 aromatic carbocycles. The first-order valence-corrected chi connectivity index (χ1v) is 4.96. The molecule has 15 heavy (non-hydrogen) atoms. The number of nitrogen functional groups attached to an aromatic ring is 1. The number of benzene rings is 1. The van der Waals surface area contributed by atoms with Gasteiger partial charge in [0.15, 0.2) is 5.69 Å². The highest BCUT2D eigenvalue weighted by molar-refractivity contribution is 9.10. The van der Waals surface area contributed by atoms with Crippen LogP contribution in [0.2, 0.25) is 0 Å². The van der Waals surface area contributed by atoms with E-state index in [0.717, 1.165) is 4.47 Å². The zero-order valence-corrected chi connectivity index (χ0v) is 9.15. The number of hydrogen-bond acceptors (Lipinski definition) is 3. The lowest BCUT2D eigenvalue weighted by molar-refractivity contribution is 0.0693. The Labute approximate surface area is 93.9 Å². The molecule has 0 saturated heterocycles. The summed E-state index contributed by atoms with van der Waals surface area (Å²) in [4.78, 5) is 14.7. The Balaban J connectivity index is 2.91. The molecule has 0 aliphatic heterocycles. The molecule has 0 aliphatic rings. The second-order valence-electron chi connectivity index (χ2n) is 3.05. The molecule has 0 atom stereocenters. The third-order valence-corrected chi connectivity index (χ3v) is 2.54. The van der Waals surface area contributed by atoms with Gasteiger partial charge in [-0.1, -0.05) is 15.9 Å². The molecule has 5 heteroatoms. The highest BCUT2D eigenvalue weighted by Gasteiger charge is 2.11. The van der Waals surface area contributed by atoms with E-state index in [4.69, 9.17) is 10.8 Å². The summed E-state index contributed by atoms with van der Waals surface area (Å²) < 4.78 is 0.739. The lowest BCUT2D eigenvalue weighted by Crippen LogP contribution is -2.01. The van der Waals surface area contributed by atoms with Crippen molar-refractivity contribution in [1.82, 2.24) is 4.98 Å². The highest BCUT2D eigenvalue weighted by atomic mass is 79.9. The van der Waals surface area contributed by atoms with E-state index in [1.54, 1.807) is 18.2 Å². The molecular weight excluding hydrogens is 260 g/mol. The summed E-state index contributed by atoms with van der Waals surface area (Å²) in [5, 5.41) is 10.2. The average Bonchev–Trinajstić information content (AvgIpc) is 2.16. The lowest BCUT2D eigenvalue weighted by atomic mass is 10.1. The minimum Gasteiger partial charge on any atom is -0.476 e. The van der Waals surface area contributed by atoms with Crippen molar-refractivity contribution in [3.8, 4) is 0 Å². The fourth-order valence-corrected chi connectivity index (χ4v) is 1.92. The van der Waals surface area contributed by atoms with E-state index in [1.807, 2.05) is 0 Å². The average molecular weight is 267 g/mol. The van der Waals surface area contributed by atoms with E-state index in [0.29, 0.717) is 16.5 Å². The van der Waals surface area contributed by atoms with Gasteiger partial charge in [-0.2, -0.15) is 0 Å². The van der Waals surface area contributed by atoms with Crippen LogP contribution < -0.4 is 5.73 Å². The number of fused-ring (bicyclic) bond motifs is 1. The van der Waals surface area contributed by atoms with Gasteiger partial charge in [0, 0.05) is 27.1 Å². The number of anilines is 1. The van der Waals surface area contributed by atoms with Gasteiger partial charge in [-0.05, 0) is 18.2 Å². The molecule has 0 saturated carbocycles. The summed E-state index contributed by atoms with van der Waals surface area (Å²) in [5.74, 6) is -1.06. The van der Waals surface area contributed by atoms with Crippen molar-refractivity contribution in [2.75, 3.05) is 5.73 Å². The first-order valence-electron chi connectivity index (χ1n) is 4.16. The zero-order chi connectivity index (χ0) is 11.0. The Kier molecular flexibility index (Phi) is 2.32. The number of aromatic carboxylic acids is 1. The summed E-state index contributed by atoms with van der Waals surface area (Å²) in [6, 6.07) is 5.12. The molecular formula is C10H7BrN2O2. The Morgan fingerprint density at radius 2 is 2.13 bits per heavy atom. The number of carboxylic acid groups (broad SMARTS) is 1. The first-order chi connectivity index (χ1) is 7.09. The molecule has 2 rings (SSSR count). The number of aromatic nitrogens is 1. The summed E-state index contributed by atoms with van der Waals surface area (Å²) in [6.45, 7) is 0. The maximum absolute atomic E-state index is 10.9. The largest absolute Gasteiger partial charge is 0.476 e. The summed E-state index contributed by atoms with van der Waals surface area (Å²) in [5.41, 5.74) is 6.32. The van der Waals surface area contributed by atoms with Crippen molar-refractivity contribution in [3.63, 3.8) is 0 Å². The van der Waals surface area contributed by atoms with Crippen molar-refractivity contribution in [1.29, 1.82) is 0 Å². The predicted octanol–water partition coefficient (Wildman–Crippen LogP) is 2.28. The van der Waals surface area contributed by atoms with E-state index in [2.05, 4.69) is 20.9 Å². The van der Waals surface area contributed by atoms with Crippen molar-refractivity contribution < 1.29 is 9.90 Å². The normalized spacial score (nSPS) is 10.5. The molecule has 1 heterocycles. The maximum atomic E-state index is 10.9. The topological polar surface area (TPSA) is 76.2 Å². The Morgan fingerprint density at radius 1 is 1.40 bits per heavy atom. The van der Waals surface area contributed by atoms with Gasteiger partial charge in [0.25, 0.3) is 0 Å². The van der Waals surface area contributed by atoms with E-state index >= 15 is 0 Å². The molecule has 0 fully saturated rings. The molecule has 2 aromatic rings. The van der Waals surface area contributed by atoms with Crippen LogP contribution in [0, 0.1) is 0 Å².